The second kappa shape index (κ2) is 16.8. The molecule has 10 aromatic rings. The first-order chi connectivity index (χ1) is 33.3. The minimum atomic E-state index is 0.258. The van der Waals surface area contributed by atoms with E-state index >= 15 is 0 Å². The second-order valence-corrected chi connectivity index (χ2v) is 18.6. The van der Waals surface area contributed by atoms with E-state index in [9.17, 15) is 0 Å². The Balaban J connectivity index is 0.835. The third-order valence-electron chi connectivity index (χ3n) is 13.9. The van der Waals surface area contributed by atoms with Crippen molar-refractivity contribution in [1.82, 2.24) is 4.57 Å². The third-order valence-corrected chi connectivity index (χ3v) is 13.9. The number of para-hydroxylation sites is 2. The lowest BCUT2D eigenvalue weighted by Crippen LogP contribution is -2.28. The van der Waals surface area contributed by atoms with Gasteiger partial charge in [0.1, 0.15) is 0 Å². The lowest BCUT2D eigenvalue weighted by atomic mass is 9.88. The topological polar surface area (TPSA) is 14.7 Å². The quantitative estimate of drug-likeness (QED) is 0.144. The molecule has 2 unspecified atom stereocenters. The zero-order chi connectivity index (χ0) is 45.9. The van der Waals surface area contributed by atoms with Crippen molar-refractivity contribution < 1.29 is 0 Å². The van der Waals surface area contributed by atoms with Crippen LogP contribution in [0.4, 0.5) is 45.5 Å². The van der Waals surface area contributed by atoms with Gasteiger partial charge in [-0.3, -0.25) is 0 Å². The summed E-state index contributed by atoms with van der Waals surface area (Å²) >= 11 is 0. The van der Waals surface area contributed by atoms with Crippen molar-refractivity contribution >= 4 is 67.3 Å². The number of allylic oxidation sites excluding steroid dienone is 2. The van der Waals surface area contributed by atoms with Crippen molar-refractivity contribution in [2.75, 3.05) is 14.7 Å². The number of aromatic nitrogens is 1. The molecule has 328 valence electrons. The Bertz CT molecular complexity index is 3470. The minimum absolute atomic E-state index is 0.258. The second-order valence-electron chi connectivity index (χ2n) is 18.6. The summed E-state index contributed by atoms with van der Waals surface area (Å²) in [7, 11) is 0. The van der Waals surface area contributed by atoms with Gasteiger partial charge in [-0.1, -0.05) is 125 Å². The highest BCUT2D eigenvalue weighted by Gasteiger charge is 2.38. The smallest absolute Gasteiger partial charge is 0.0629 e. The minimum Gasteiger partial charge on any atom is -0.333 e. The van der Waals surface area contributed by atoms with Crippen LogP contribution in [0.5, 0.6) is 0 Å². The zero-order valence-electron chi connectivity index (χ0n) is 38.9. The highest BCUT2D eigenvalue weighted by molar-refractivity contribution is 6.09. The number of nitrogens with zero attached hydrogens (tertiary/aromatic N) is 4. The molecule has 2 heterocycles. The summed E-state index contributed by atoms with van der Waals surface area (Å²) in [5.41, 5.74) is 21.6. The van der Waals surface area contributed by atoms with Crippen LogP contribution in [0.15, 0.2) is 236 Å². The summed E-state index contributed by atoms with van der Waals surface area (Å²) in [4.78, 5) is 7.20. The van der Waals surface area contributed by atoms with E-state index in [0.717, 1.165) is 50.9 Å². The molecule has 4 nitrogen and oxygen atoms in total. The first-order valence-corrected chi connectivity index (χ1v) is 23.7. The molecule has 4 heteroatoms. The van der Waals surface area contributed by atoms with Gasteiger partial charge in [0.15, 0.2) is 0 Å². The zero-order valence-corrected chi connectivity index (χ0v) is 38.9. The Morgan fingerprint density at radius 2 is 0.824 bits per heavy atom. The molecule has 0 amide bonds. The molecule has 0 saturated heterocycles. The van der Waals surface area contributed by atoms with E-state index in [1.807, 2.05) is 0 Å². The summed E-state index contributed by atoms with van der Waals surface area (Å²) in [5.74, 6) is 0.346. The van der Waals surface area contributed by atoms with Crippen LogP contribution in [-0.2, 0) is 0 Å². The number of aryl methyl sites for hydroxylation is 3. The van der Waals surface area contributed by atoms with Crippen LogP contribution < -0.4 is 14.7 Å². The van der Waals surface area contributed by atoms with Gasteiger partial charge in [0.05, 0.1) is 17.1 Å². The Morgan fingerprint density at radius 1 is 0.397 bits per heavy atom. The van der Waals surface area contributed by atoms with Crippen LogP contribution in [0.1, 0.15) is 35.1 Å². The number of benzene rings is 9. The maximum absolute atomic E-state index is 2.51. The molecule has 0 saturated carbocycles. The summed E-state index contributed by atoms with van der Waals surface area (Å²) in [6.07, 6.45) is 7.08. The summed E-state index contributed by atoms with van der Waals surface area (Å²) in [6, 6.07) is 78.1. The van der Waals surface area contributed by atoms with Gasteiger partial charge in [-0.05, 0) is 172 Å². The van der Waals surface area contributed by atoms with E-state index in [1.54, 1.807) is 0 Å². The molecule has 0 bridgehead atoms. The highest BCUT2D eigenvalue weighted by Crippen LogP contribution is 2.49. The molecule has 0 radical (unpaired) electrons. The van der Waals surface area contributed by atoms with E-state index in [0.29, 0.717) is 5.92 Å². The Kier molecular flexibility index (Phi) is 10.2. The van der Waals surface area contributed by atoms with Gasteiger partial charge >= 0.3 is 0 Å². The molecule has 1 aromatic heterocycles. The van der Waals surface area contributed by atoms with Crippen LogP contribution >= 0.6 is 0 Å². The highest BCUT2D eigenvalue weighted by atomic mass is 15.2. The molecule has 68 heavy (non-hydrogen) atoms. The van der Waals surface area contributed by atoms with Crippen molar-refractivity contribution in [3.05, 3.63) is 258 Å². The number of hydrogen-bond donors (Lipinski definition) is 0. The average Bonchev–Trinajstić information content (AvgIpc) is 3.86. The van der Waals surface area contributed by atoms with Crippen LogP contribution in [0.3, 0.4) is 0 Å². The largest absolute Gasteiger partial charge is 0.333 e. The molecule has 0 spiro atoms. The molecule has 12 rings (SSSR count). The van der Waals surface area contributed by atoms with Gasteiger partial charge in [-0.2, -0.15) is 0 Å². The summed E-state index contributed by atoms with van der Waals surface area (Å²) in [5, 5.41) is 2.57. The van der Waals surface area contributed by atoms with Gasteiger partial charge in [0, 0.05) is 67.9 Å². The monoisotopic (exact) mass is 876 g/mol. The normalized spacial score (nSPS) is 15.1. The van der Waals surface area contributed by atoms with Gasteiger partial charge in [0.25, 0.3) is 0 Å². The first-order valence-electron chi connectivity index (χ1n) is 23.7. The molecule has 0 N–H and O–H groups in total. The molecular weight excluding hydrogens is 825 g/mol. The number of fused-ring (bicyclic) bond motifs is 6. The SMILES string of the molecule is CC1=CC2c3cc(C)ccc3N(c3ccc(N(c4ccccc4)c4ccc(-c5ccc(N(c6ccccc6)c6ccc(-n7c8ccc(C)cc8c8cc(C)ccc87)cc6)cc5)cc4)cc3)C2C=C1. The molecule has 1 aliphatic heterocycles. The number of anilines is 8. The predicted octanol–water partition coefficient (Wildman–Crippen LogP) is 17.4. The van der Waals surface area contributed by atoms with Crippen LogP contribution in [0.2, 0.25) is 0 Å². The Hall–Kier alpha value is -8.34. The van der Waals surface area contributed by atoms with Gasteiger partial charge in [-0.15, -0.1) is 0 Å². The van der Waals surface area contributed by atoms with E-state index < -0.39 is 0 Å². The maximum Gasteiger partial charge on any atom is 0.0629 e. The fraction of sp³-hybridized carbons (Fsp3) is 0.0938. The maximum atomic E-state index is 2.51. The Morgan fingerprint density at radius 3 is 1.32 bits per heavy atom. The van der Waals surface area contributed by atoms with Crippen LogP contribution in [-0.4, -0.2) is 10.6 Å². The van der Waals surface area contributed by atoms with Crippen molar-refractivity contribution in [3.8, 4) is 16.8 Å². The van der Waals surface area contributed by atoms with Crippen LogP contribution in [0, 0.1) is 20.8 Å². The summed E-state index contributed by atoms with van der Waals surface area (Å²) < 4.78 is 2.39. The van der Waals surface area contributed by atoms with E-state index in [1.165, 1.54) is 61.0 Å². The fourth-order valence-electron chi connectivity index (χ4n) is 10.7. The first kappa shape index (κ1) is 41.1. The molecular formula is C64H52N4. The van der Waals surface area contributed by atoms with Crippen molar-refractivity contribution in [1.29, 1.82) is 0 Å². The van der Waals surface area contributed by atoms with Crippen molar-refractivity contribution in [2.24, 2.45) is 0 Å². The van der Waals surface area contributed by atoms with Crippen LogP contribution in [0.25, 0.3) is 38.6 Å². The van der Waals surface area contributed by atoms with Gasteiger partial charge < -0.3 is 19.3 Å². The van der Waals surface area contributed by atoms with E-state index in [4.69, 9.17) is 0 Å². The predicted molar refractivity (Wildman–Crippen MR) is 288 cm³/mol. The van der Waals surface area contributed by atoms with E-state index in [2.05, 4.69) is 278 Å². The average molecular weight is 877 g/mol. The standard InChI is InChI=1S/C64H52N4/c1-43-15-35-61-57(39-43)58-40-44(2)16-36-62(58)67(61)55-31-27-53(28-32-55)65(49-11-7-5-8-12-49)51-23-19-47(20-24-51)48-21-25-52(26-22-48)66(50-13-9-6-10-14-50)54-29-33-56(34-30-54)68-63-37-17-45(3)41-59(63)60-42-46(4)18-38-64(60)68/h5-42,57,61H,1-4H3. The molecule has 2 atom stereocenters. The molecule has 1 aliphatic carbocycles. The molecule has 2 aliphatic rings. The fourth-order valence-corrected chi connectivity index (χ4v) is 10.7. The number of hydrogen-bond acceptors (Lipinski definition) is 3. The van der Waals surface area contributed by atoms with Gasteiger partial charge in [0.2, 0.25) is 0 Å². The Labute approximate surface area is 399 Å². The third kappa shape index (κ3) is 7.26. The molecule has 9 aromatic carbocycles. The van der Waals surface area contributed by atoms with E-state index in [-0.39, 0.29) is 6.04 Å². The lowest BCUT2D eigenvalue weighted by Gasteiger charge is -2.30. The summed E-state index contributed by atoms with van der Waals surface area (Å²) in [6.45, 7) is 8.74. The van der Waals surface area contributed by atoms with Gasteiger partial charge in [-0.25, -0.2) is 0 Å². The number of rotatable bonds is 9. The van der Waals surface area contributed by atoms with Crippen molar-refractivity contribution in [3.63, 3.8) is 0 Å². The lowest BCUT2D eigenvalue weighted by molar-refractivity contribution is 0.738. The van der Waals surface area contributed by atoms with Crippen molar-refractivity contribution in [2.45, 2.75) is 39.7 Å². The molecule has 0 fully saturated rings.